The molecule has 1 saturated heterocycles. The van der Waals surface area contributed by atoms with Crippen LogP contribution in [0.25, 0.3) is 0 Å². The number of nitrogens with two attached hydrogens (primary N) is 1. The first-order chi connectivity index (χ1) is 11.6. The zero-order valence-corrected chi connectivity index (χ0v) is 17.0. The number of benzene rings is 1. The van der Waals surface area contributed by atoms with Crippen molar-refractivity contribution in [2.45, 2.75) is 45.3 Å². The lowest BCUT2D eigenvalue weighted by Gasteiger charge is -2.30. The van der Waals surface area contributed by atoms with E-state index in [2.05, 4.69) is 41.4 Å². The molecule has 0 radical (unpaired) electrons. The van der Waals surface area contributed by atoms with Gasteiger partial charge in [-0.25, -0.2) is 0 Å². The minimum absolute atomic E-state index is 0. The fourth-order valence-corrected chi connectivity index (χ4v) is 3.50. The van der Waals surface area contributed by atoms with Crippen LogP contribution in [0, 0.1) is 5.92 Å². The van der Waals surface area contributed by atoms with Gasteiger partial charge in [0.25, 0.3) is 0 Å². The largest absolute Gasteiger partial charge is 0.351 e. The molecule has 1 aliphatic heterocycles. The molecule has 1 amide bonds. The molecule has 0 saturated carbocycles. The number of piperidine rings is 1. The molecule has 1 heterocycles. The molecule has 0 bridgehead atoms. The number of nitrogens with zero attached hydrogens (tertiary/aromatic N) is 1. The Balaban J connectivity index is 0.00000312. The number of rotatable bonds is 8. The van der Waals surface area contributed by atoms with Crippen LogP contribution in [0.1, 0.15) is 37.3 Å². The highest BCUT2D eigenvalue weighted by molar-refractivity contribution is 7.98. The quantitative estimate of drug-likeness (QED) is 0.722. The van der Waals surface area contributed by atoms with Crippen molar-refractivity contribution in [2.24, 2.45) is 11.7 Å². The third-order valence-electron chi connectivity index (χ3n) is 4.71. The summed E-state index contributed by atoms with van der Waals surface area (Å²) in [7, 11) is 0. The van der Waals surface area contributed by atoms with E-state index in [9.17, 15) is 4.79 Å². The number of carbonyl (C=O) groups excluding carboxylic acids is 1. The summed E-state index contributed by atoms with van der Waals surface area (Å²) >= 11 is 1.72. The van der Waals surface area contributed by atoms with E-state index in [4.69, 9.17) is 5.73 Å². The SMILES string of the molecule is CSCC[C@H](N)C(=O)NCc1cccc(CN2CCC(C)CC2)c1.Cl. The number of nitrogens with one attached hydrogen (secondary N) is 1. The van der Waals surface area contributed by atoms with Crippen molar-refractivity contribution in [2.75, 3.05) is 25.1 Å². The highest BCUT2D eigenvalue weighted by Crippen LogP contribution is 2.18. The third-order valence-corrected chi connectivity index (χ3v) is 5.35. The molecule has 4 nitrogen and oxygen atoms in total. The van der Waals surface area contributed by atoms with E-state index in [1.54, 1.807) is 11.8 Å². The molecule has 1 atom stereocenters. The zero-order chi connectivity index (χ0) is 17.4. The van der Waals surface area contributed by atoms with E-state index < -0.39 is 6.04 Å². The topological polar surface area (TPSA) is 58.4 Å². The first-order valence-electron chi connectivity index (χ1n) is 8.91. The first-order valence-corrected chi connectivity index (χ1v) is 10.3. The average Bonchev–Trinajstić information content (AvgIpc) is 2.60. The first kappa shape index (κ1) is 22.3. The maximum absolute atomic E-state index is 12.0. The number of amides is 1. The van der Waals surface area contributed by atoms with Gasteiger partial charge in [0.2, 0.25) is 5.91 Å². The zero-order valence-electron chi connectivity index (χ0n) is 15.4. The Hall–Kier alpha value is -0.750. The second-order valence-corrected chi connectivity index (χ2v) is 7.87. The van der Waals surface area contributed by atoms with Crippen LogP contribution in [-0.4, -0.2) is 41.9 Å². The van der Waals surface area contributed by atoms with E-state index in [1.165, 1.54) is 31.5 Å². The number of hydrogen-bond acceptors (Lipinski definition) is 4. The van der Waals surface area contributed by atoms with Gasteiger partial charge < -0.3 is 11.1 Å². The summed E-state index contributed by atoms with van der Waals surface area (Å²) in [4.78, 5) is 14.5. The van der Waals surface area contributed by atoms with Crippen LogP contribution < -0.4 is 11.1 Å². The van der Waals surface area contributed by atoms with Crippen LogP contribution in [0.3, 0.4) is 0 Å². The number of hydrogen-bond donors (Lipinski definition) is 2. The average molecular weight is 386 g/mol. The molecule has 25 heavy (non-hydrogen) atoms. The molecule has 2 rings (SSSR count). The molecule has 3 N–H and O–H groups in total. The minimum Gasteiger partial charge on any atom is -0.351 e. The van der Waals surface area contributed by atoms with E-state index in [-0.39, 0.29) is 18.3 Å². The predicted octanol–water partition coefficient (Wildman–Crippen LogP) is 3.04. The van der Waals surface area contributed by atoms with Crippen molar-refractivity contribution in [3.8, 4) is 0 Å². The van der Waals surface area contributed by atoms with Crippen molar-refractivity contribution in [3.05, 3.63) is 35.4 Å². The van der Waals surface area contributed by atoms with Gasteiger partial charge in [0.1, 0.15) is 0 Å². The van der Waals surface area contributed by atoms with E-state index in [0.717, 1.165) is 30.2 Å². The Bertz CT molecular complexity index is 521. The Morgan fingerprint density at radius 1 is 1.36 bits per heavy atom. The predicted molar refractivity (Wildman–Crippen MR) is 110 cm³/mol. The Kier molecular flexibility index (Phi) is 10.5. The molecule has 0 unspecified atom stereocenters. The molecule has 1 fully saturated rings. The molecule has 0 spiro atoms. The number of halogens is 1. The Morgan fingerprint density at radius 3 is 2.72 bits per heavy atom. The lowest BCUT2D eigenvalue weighted by Crippen LogP contribution is -2.40. The van der Waals surface area contributed by atoms with Crippen molar-refractivity contribution < 1.29 is 4.79 Å². The molecular formula is C19H32ClN3OS. The summed E-state index contributed by atoms with van der Waals surface area (Å²) in [5.74, 6) is 1.72. The van der Waals surface area contributed by atoms with Crippen LogP contribution in [0.15, 0.2) is 24.3 Å². The van der Waals surface area contributed by atoms with Crippen molar-refractivity contribution >= 4 is 30.1 Å². The van der Waals surface area contributed by atoms with Crippen LogP contribution in [0.4, 0.5) is 0 Å². The van der Waals surface area contributed by atoms with Gasteiger partial charge in [-0.2, -0.15) is 11.8 Å². The maximum Gasteiger partial charge on any atom is 0.237 e. The number of thioether (sulfide) groups is 1. The lowest BCUT2D eigenvalue weighted by molar-refractivity contribution is -0.122. The second-order valence-electron chi connectivity index (χ2n) is 6.88. The van der Waals surface area contributed by atoms with Crippen molar-refractivity contribution in [3.63, 3.8) is 0 Å². The van der Waals surface area contributed by atoms with Crippen LogP contribution in [0.5, 0.6) is 0 Å². The number of likely N-dealkylation sites (tertiary alicyclic amines) is 1. The van der Waals surface area contributed by atoms with Crippen molar-refractivity contribution in [1.29, 1.82) is 0 Å². The molecule has 6 heteroatoms. The van der Waals surface area contributed by atoms with Crippen LogP contribution in [-0.2, 0) is 17.9 Å². The lowest BCUT2D eigenvalue weighted by atomic mass is 9.98. The molecule has 142 valence electrons. The molecular weight excluding hydrogens is 354 g/mol. The second kappa shape index (κ2) is 11.8. The fraction of sp³-hybridized carbons (Fsp3) is 0.632. The van der Waals surface area contributed by atoms with Gasteiger partial charge in [-0.3, -0.25) is 9.69 Å². The molecule has 0 aromatic heterocycles. The summed E-state index contributed by atoms with van der Waals surface area (Å²) in [5.41, 5.74) is 8.36. The highest BCUT2D eigenvalue weighted by Gasteiger charge is 2.16. The monoisotopic (exact) mass is 385 g/mol. The highest BCUT2D eigenvalue weighted by atomic mass is 35.5. The molecule has 0 aliphatic carbocycles. The summed E-state index contributed by atoms with van der Waals surface area (Å²) in [6.45, 7) is 6.27. The molecule has 1 aromatic rings. The van der Waals surface area contributed by atoms with Crippen LogP contribution in [0.2, 0.25) is 0 Å². The minimum atomic E-state index is -0.407. The summed E-state index contributed by atoms with van der Waals surface area (Å²) in [6.07, 6.45) is 5.34. The van der Waals surface area contributed by atoms with Crippen LogP contribution >= 0.6 is 24.2 Å². The van der Waals surface area contributed by atoms with Crippen molar-refractivity contribution in [1.82, 2.24) is 10.2 Å². The van der Waals surface area contributed by atoms with Gasteiger partial charge in [-0.15, -0.1) is 12.4 Å². The van der Waals surface area contributed by atoms with Gasteiger partial charge in [0.05, 0.1) is 6.04 Å². The van der Waals surface area contributed by atoms with Gasteiger partial charge >= 0.3 is 0 Å². The molecule has 1 aromatic carbocycles. The molecule has 1 aliphatic rings. The smallest absolute Gasteiger partial charge is 0.237 e. The van der Waals surface area contributed by atoms with Gasteiger partial charge in [0.15, 0.2) is 0 Å². The standard InChI is InChI=1S/C19H31N3OS.ClH/c1-15-6-9-22(10-7-15)14-17-5-3-4-16(12-17)13-21-19(23)18(20)8-11-24-2;/h3-5,12,15,18H,6-11,13-14,20H2,1-2H3,(H,21,23);1H/t18-;/m0./s1. The Morgan fingerprint density at radius 2 is 2.04 bits per heavy atom. The number of carbonyl (C=O) groups is 1. The maximum atomic E-state index is 12.0. The Labute approximate surface area is 162 Å². The van der Waals surface area contributed by atoms with E-state index in [0.29, 0.717) is 6.54 Å². The summed E-state index contributed by atoms with van der Waals surface area (Å²) in [6, 6.07) is 8.11. The fourth-order valence-electron chi connectivity index (χ4n) is 3.01. The summed E-state index contributed by atoms with van der Waals surface area (Å²) < 4.78 is 0. The third kappa shape index (κ3) is 7.99. The van der Waals surface area contributed by atoms with E-state index >= 15 is 0 Å². The summed E-state index contributed by atoms with van der Waals surface area (Å²) in [5, 5.41) is 2.96. The normalized spacial score (nSPS) is 16.9. The van der Waals surface area contributed by atoms with E-state index in [1.807, 2.05) is 6.26 Å². The van der Waals surface area contributed by atoms with Gasteiger partial charge in [0, 0.05) is 13.1 Å². The van der Waals surface area contributed by atoms with Gasteiger partial charge in [-0.1, -0.05) is 31.2 Å². The van der Waals surface area contributed by atoms with Gasteiger partial charge in [-0.05, 0) is 61.4 Å².